The Bertz CT molecular complexity index is 2890. The maximum atomic E-state index is 12.2. The molecule has 16 nitrogen and oxygen atoms in total. The third-order valence-electron chi connectivity index (χ3n) is 26.9. The van der Waals surface area contributed by atoms with Gasteiger partial charge < -0.3 is 37.9 Å². The average Bonchev–Trinajstić information content (AvgIpc) is 1.59. The van der Waals surface area contributed by atoms with Gasteiger partial charge in [-0.2, -0.15) is 0 Å². The molecule has 0 aromatic rings. The summed E-state index contributed by atoms with van der Waals surface area (Å²) in [6.45, 7) is 37.8. The van der Waals surface area contributed by atoms with E-state index in [-0.39, 0.29) is 169 Å². The lowest BCUT2D eigenvalue weighted by atomic mass is 9.80. The van der Waals surface area contributed by atoms with E-state index >= 15 is 0 Å². The van der Waals surface area contributed by atoms with Crippen LogP contribution >= 0.6 is 0 Å². The van der Waals surface area contributed by atoms with E-state index in [4.69, 9.17) is 37.9 Å². The van der Waals surface area contributed by atoms with E-state index < -0.39 is 5.41 Å². The fraction of sp³-hybridized carbons (Fsp3) is 0.837. The summed E-state index contributed by atoms with van der Waals surface area (Å²) in [6, 6.07) is 0. The van der Waals surface area contributed by atoms with Gasteiger partial charge in [-0.25, -0.2) is 14.4 Å². The predicted octanol–water partition coefficient (Wildman–Crippen LogP) is 20.0. The minimum Gasteiger partial charge on any atom is -0.462 e. The molecule has 0 aromatic heterocycles. The summed E-state index contributed by atoms with van der Waals surface area (Å²) >= 11 is 0. The van der Waals surface area contributed by atoms with Crippen LogP contribution in [0.25, 0.3) is 0 Å². The third-order valence-corrected chi connectivity index (χ3v) is 26.9. The normalized spacial score (nSPS) is 33.9. The Kier molecular flexibility index (Phi) is 33.1. The van der Waals surface area contributed by atoms with Gasteiger partial charge in [0.15, 0.2) is 0 Å². The molecule has 20 atom stereocenters. The van der Waals surface area contributed by atoms with Crippen molar-refractivity contribution in [3.63, 3.8) is 0 Å². The number of carbonyl (C=O) groups excluding carboxylic acids is 8. The standard InChI is InChI=1S/C16H26O2.C14H20O4.C14H20O2.C13H24O2.C12H14O4.C11H18O2.6CH4/c1-4-16(2,3)15(17)18-14-9-10-8-13(14)12-7-5-6-11(10)12;1-4-14(2,3)13(16)18-10-7-5-8-9(6-7)12(15)17-11(8)10;1-8(2)14(15)16-13-7-9-6-12(13)11-5-3-4-10(9)11;1-5-12(3,4)11(14)15-13(6-2)9-7-8-10-13;1-5(2)11(13)15-9-6-3-7-8(4-6)12(14)16-10(7)9;1-4-11(7-5-6-8-11)13-10(12)9(2)3;;;;;;/h10-14H,4-9H2,1-3H3;7-11H,4-6H2,1-3H3;9-13H,1,3-7H2,2H3;5-10H2,1-4H3;6-10H,1,3-4H2,2H3;2,4-8H2,1,3H3;6*1H4. The third kappa shape index (κ3) is 19.4. The van der Waals surface area contributed by atoms with Crippen molar-refractivity contribution < 1.29 is 76.3 Å². The first kappa shape index (κ1) is 91.2. The minimum absolute atomic E-state index is 0. The molecule has 2 heterocycles. The van der Waals surface area contributed by atoms with Crippen LogP contribution < -0.4 is 0 Å². The number of esters is 8. The molecule has 12 saturated carbocycles. The molecular formula is C86H146O16. The molecule has 20 unspecified atom stereocenters. The SMILES string of the molecule is C.C.C.C.C.C.C=C(C)C(=O)OC1(CC)CCCC1.C=C(C)C(=O)OC1C2CC3C(=O)OC1C3C2.C=C(C)C(=O)OC1CC2CC1C1CCCC21.CCC(C)(C)C(=O)OC1C2CC3C(=O)OC1C3C2.CCC(C)(C)C(=O)OC1CC2CC1C1CCCC21.CCC1(OC(=O)C(C)(C)CC)CCCC1. The van der Waals surface area contributed by atoms with Gasteiger partial charge in [0.1, 0.15) is 47.8 Å². The minimum atomic E-state index is -0.455. The van der Waals surface area contributed by atoms with E-state index in [1.165, 1.54) is 77.0 Å². The number of rotatable bonds is 17. The van der Waals surface area contributed by atoms with Crippen molar-refractivity contribution in [1.29, 1.82) is 0 Å². The van der Waals surface area contributed by atoms with Gasteiger partial charge in [0.2, 0.25) is 0 Å². The first-order valence-electron chi connectivity index (χ1n) is 37.9. The molecule has 2 aliphatic heterocycles. The lowest BCUT2D eigenvalue weighted by Gasteiger charge is -2.33. The van der Waals surface area contributed by atoms with E-state index in [0.29, 0.717) is 46.3 Å². The number of ether oxygens (including phenoxy) is 8. The molecular weight excluding hydrogens is 1290 g/mol. The summed E-state index contributed by atoms with van der Waals surface area (Å²) in [5.74, 6) is 6.96. The summed E-state index contributed by atoms with van der Waals surface area (Å²) in [5.41, 5.74) is 0.0274. The molecule has 0 radical (unpaired) electrons. The zero-order valence-electron chi connectivity index (χ0n) is 61.3. The highest BCUT2D eigenvalue weighted by molar-refractivity contribution is 5.88. The van der Waals surface area contributed by atoms with Crippen LogP contribution in [0.1, 0.15) is 315 Å². The topological polar surface area (TPSA) is 210 Å². The molecule has 8 bridgehead atoms. The van der Waals surface area contributed by atoms with E-state index in [1.54, 1.807) is 20.8 Å². The van der Waals surface area contributed by atoms with E-state index in [0.717, 1.165) is 132 Å². The summed E-state index contributed by atoms with van der Waals surface area (Å²) in [5, 5.41) is 0. The predicted molar refractivity (Wildman–Crippen MR) is 405 cm³/mol. The van der Waals surface area contributed by atoms with E-state index in [9.17, 15) is 38.4 Å². The van der Waals surface area contributed by atoms with Crippen LogP contribution in [0.15, 0.2) is 36.5 Å². The summed E-state index contributed by atoms with van der Waals surface area (Å²) in [4.78, 5) is 93.8. The quantitative estimate of drug-likeness (QED) is 0.0753. The number of hydrogen-bond donors (Lipinski definition) is 0. The summed E-state index contributed by atoms with van der Waals surface area (Å²) < 4.78 is 44.4. The molecule has 102 heavy (non-hydrogen) atoms. The molecule has 0 N–H and O–H groups in total. The monoisotopic (exact) mass is 1440 g/mol. The van der Waals surface area contributed by atoms with Gasteiger partial charge in [-0.05, 0) is 270 Å². The number of hydrogen-bond acceptors (Lipinski definition) is 16. The second-order valence-electron chi connectivity index (χ2n) is 34.1. The van der Waals surface area contributed by atoms with Crippen molar-refractivity contribution >= 4 is 47.8 Å². The van der Waals surface area contributed by atoms with Gasteiger partial charge in [0, 0.05) is 40.4 Å². The zero-order valence-corrected chi connectivity index (χ0v) is 61.3. The van der Waals surface area contributed by atoms with Crippen LogP contribution in [0.5, 0.6) is 0 Å². The molecule has 0 spiro atoms. The second kappa shape index (κ2) is 37.0. The zero-order chi connectivity index (χ0) is 70.1. The Morgan fingerprint density at radius 2 is 0.725 bits per heavy atom. The smallest absolute Gasteiger partial charge is 0.333 e. The van der Waals surface area contributed by atoms with Gasteiger partial charge >= 0.3 is 47.8 Å². The summed E-state index contributed by atoms with van der Waals surface area (Å²) in [6.07, 6.45) is 29.8. The Morgan fingerprint density at radius 1 is 0.392 bits per heavy atom. The lowest BCUT2D eigenvalue weighted by Crippen LogP contribution is -2.39. The van der Waals surface area contributed by atoms with Crippen molar-refractivity contribution in [2.45, 2.75) is 363 Å². The second-order valence-corrected chi connectivity index (χ2v) is 34.1. The Balaban J connectivity index is 0.000000315. The van der Waals surface area contributed by atoms with Crippen molar-refractivity contribution in [1.82, 2.24) is 0 Å². The van der Waals surface area contributed by atoms with Crippen LogP contribution in [0.2, 0.25) is 0 Å². The first-order valence-corrected chi connectivity index (χ1v) is 37.9. The number of fused-ring (bicyclic) bond motifs is 12. The summed E-state index contributed by atoms with van der Waals surface area (Å²) in [7, 11) is 0. The van der Waals surface area contributed by atoms with Crippen LogP contribution in [0.4, 0.5) is 0 Å². The van der Waals surface area contributed by atoms with Gasteiger partial charge in [-0.1, -0.05) is 112 Å². The highest BCUT2D eigenvalue weighted by Gasteiger charge is 2.65. The average molecular weight is 1440 g/mol. The maximum Gasteiger partial charge on any atom is 0.333 e. The maximum absolute atomic E-state index is 12.2. The fourth-order valence-corrected chi connectivity index (χ4v) is 19.6. The molecule has 14 aliphatic rings. The Morgan fingerprint density at radius 3 is 1.11 bits per heavy atom. The fourth-order valence-electron chi connectivity index (χ4n) is 19.6. The van der Waals surface area contributed by atoms with Crippen LogP contribution in [0.3, 0.4) is 0 Å². The van der Waals surface area contributed by atoms with Gasteiger partial charge in [-0.3, -0.25) is 24.0 Å². The van der Waals surface area contributed by atoms with Crippen molar-refractivity contribution in [2.75, 3.05) is 0 Å². The first-order chi connectivity index (χ1) is 45.3. The molecule has 0 aromatic carbocycles. The molecule has 16 heteroatoms. The molecule has 12 aliphatic carbocycles. The van der Waals surface area contributed by atoms with Crippen molar-refractivity contribution in [3.8, 4) is 0 Å². The largest absolute Gasteiger partial charge is 0.462 e. The number of carbonyl (C=O) groups is 8. The highest BCUT2D eigenvalue weighted by Crippen LogP contribution is 2.62. The molecule has 14 fully saturated rings. The molecule has 2 saturated heterocycles. The van der Waals surface area contributed by atoms with Crippen LogP contribution in [0, 0.1) is 99.1 Å². The molecule has 14 rings (SSSR count). The van der Waals surface area contributed by atoms with Crippen molar-refractivity contribution in [2.24, 2.45) is 99.1 Å². The van der Waals surface area contributed by atoms with Gasteiger partial charge in [-0.15, -0.1) is 0 Å². The van der Waals surface area contributed by atoms with E-state index in [1.807, 2.05) is 55.4 Å². The lowest BCUT2D eigenvalue weighted by molar-refractivity contribution is -0.171. The van der Waals surface area contributed by atoms with Gasteiger partial charge in [0.25, 0.3) is 0 Å². The van der Waals surface area contributed by atoms with Gasteiger partial charge in [0.05, 0.1) is 28.1 Å². The van der Waals surface area contributed by atoms with E-state index in [2.05, 4.69) is 40.5 Å². The highest BCUT2D eigenvalue weighted by atomic mass is 16.6. The Hall–Kier alpha value is -5.02. The molecule has 586 valence electrons. The van der Waals surface area contributed by atoms with Crippen molar-refractivity contribution in [3.05, 3.63) is 36.5 Å². The van der Waals surface area contributed by atoms with Crippen LogP contribution in [-0.4, -0.2) is 95.6 Å². The molecule has 0 amide bonds. The van der Waals surface area contributed by atoms with Crippen LogP contribution in [-0.2, 0) is 76.3 Å². The Labute approximate surface area is 619 Å².